The van der Waals surface area contributed by atoms with Gasteiger partial charge in [0.2, 0.25) is 0 Å². The second-order valence-corrected chi connectivity index (χ2v) is 3.22. The molecule has 13 heavy (non-hydrogen) atoms. The van der Waals surface area contributed by atoms with Gasteiger partial charge < -0.3 is 5.11 Å². The molecular formula is C10H12F2O. The molecule has 1 nitrogen and oxygen atoms in total. The molecule has 0 aliphatic rings. The number of aryl methyl sites for hydroxylation is 1. The van der Waals surface area contributed by atoms with Gasteiger partial charge >= 0.3 is 0 Å². The van der Waals surface area contributed by atoms with Gasteiger partial charge in [0.1, 0.15) is 0 Å². The summed E-state index contributed by atoms with van der Waals surface area (Å²) in [5.74, 6) is -1.82. The van der Waals surface area contributed by atoms with Crippen molar-refractivity contribution in [3.05, 3.63) is 34.9 Å². The van der Waals surface area contributed by atoms with Crippen LogP contribution in [0.15, 0.2) is 12.1 Å². The number of aliphatic hydroxyl groups is 1. The maximum atomic E-state index is 12.9. The van der Waals surface area contributed by atoms with Crippen molar-refractivity contribution in [1.29, 1.82) is 0 Å². The van der Waals surface area contributed by atoms with Crippen LogP contribution in [0.2, 0.25) is 0 Å². The molecule has 0 bridgehead atoms. The van der Waals surface area contributed by atoms with Crippen molar-refractivity contribution in [1.82, 2.24) is 0 Å². The molecular weight excluding hydrogens is 174 g/mol. The fourth-order valence-corrected chi connectivity index (χ4v) is 1.14. The van der Waals surface area contributed by atoms with Gasteiger partial charge in [0.05, 0.1) is 0 Å². The predicted octanol–water partition coefficient (Wildman–Crippen LogP) is 2.37. The van der Waals surface area contributed by atoms with E-state index < -0.39 is 11.6 Å². The Morgan fingerprint density at radius 3 is 2.46 bits per heavy atom. The van der Waals surface area contributed by atoms with E-state index in [2.05, 4.69) is 0 Å². The lowest BCUT2D eigenvalue weighted by Crippen LogP contribution is -2.01. The highest BCUT2D eigenvalue weighted by molar-refractivity contribution is 5.27. The minimum absolute atomic E-state index is 0.0650. The molecule has 1 N–H and O–H groups in total. The topological polar surface area (TPSA) is 20.2 Å². The largest absolute Gasteiger partial charge is 0.396 e. The summed E-state index contributed by atoms with van der Waals surface area (Å²) in [5.41, 5.74) is 0.897. The Balaban J connectivity index is 3.13. The van der Waals surface area contributed by atoms with Crippen molar-refractivity contribution >= 4 is 0 Å². The summed E-state index contributed by atoms with van der Waals surface area (Å²) in [7, 11) is 0. The van der Waals surface area contributed by atoms with Crippen molar-refractivity contribution in [3.8, 4) is 0 Å². The van der Waals surface area contributed by atoms with E-state index in [-0.39, 0.29) is 18.1 Å². The molecule has 1 atom stereocenters. The molecule has 0 fully saturated rings. The van der Waals surface area contributed by atoms with Crippen molar-refractivity contribution in [3.63, 3.8) is 0 Å². The van der Waals surface area contributed by atoms with Gasteiger partial charge in [0, 0.05) is 12.5 Å². The second-order valence-electron chi connectivity index (χ2n) is 3.22. The van der Waals surface area contributed by atoms with Crippen molar-refractivity contribution in [2.24, 2.45) is 0 Å². The van der Waals surface area contributed by atoms with Gasteiger partial charge in [-0.25, -0.2) is 8.78 Å². The number of rotatable bonds is 2. The van der Waals surface area contributed by atoms with E-state index >= 15 is 0 Å². The third-order valence-electron chi connectivity index (χ3n) is 2.08. The molecule has 1 aromatic carbocycles. The lowest BCUT2D eigenvalue weighted by molar-refractivity contribution is 0.272. The minimum atomic E-state index is -0.852. The molecule has 0 amide bonds. The highest BCUT2D eigenvalue weighted by atomic mass is 19.2. The van der Waals surface area contributed by atoms with Crippen molar-refractivity contribution in [2.75, 3.05) is 6.61 Å². The lowest BCUT2D eigenvalue weighted by Gasteiger charge is -2.09. The Labute approximate surface area is 76.0 Å². The first-order valence-electron chi connectivity index (χ1n) is 4.12. The van der Waals surface area contributed by atoms with Crippen LogP contribution in [0.1, 0.15) is 24.0 Å². The smallest absolute Gasteiger partial charge is 0.161 e. The summed E-state index contributed by atoms with van der Waals surface area (Å²) in [6.45, 7) is 3.20. The molecule has 1 aromatic rings. The number of halogens is 2. The normalized spacial score (nSPS) is 13.0. The number of aliphatic hydroxyl groups excluding tert-OH is 1. The summed E-state index contributed by atoms with van der Waals surface area (Å²) < 4.78 is 25.7. The monoisotopic (exact) mass is 186 g/mol. The first-order chi connectivity index (χ1) is 6.06. The first-order valence-corrected chi connectivity index (χ1v) is 4.12. The summed E-state index contributed by atoms with van der Waals surface area (Å²) in [4.78, 5) is 0. The number of hydrogen-bond donors (Lipinski definition) is 1. The van der Waals surface area contributed by atoms with Crippen LogP contribution in [-0.2, 0) is 0 Å². The van der Waals surface area contributed by atoms with Gasteiger partial charge in [-0.3, -0.25) is 0 Å². The minimum Gasteiger partial charge on any atom is -0.396 e. The molecule has 0 spiro atoms. The van der Waals surface area contributed by atoms with Crippen LogP contribution >= 0.6 is 0 Å². The first kappa shape index (κ1) is 10.1. The van der Waals surface area contributed by atoms with E-state index in [9.17, 15) is 8.78 Å². The Morgan fingerprint density at radius 2 is 2.00 bits per heavy atom. The molecule has 0 aliphatic heterocycles. The molecule has 0 aromatic heterocycles. The van der Waals surface area contributed by atoms with Crippen LogP contribution in [-0.4, -0.2) is 11.7 Å². The van der Waals surface area contributed by atoms with Gasteiger partial charge in [-0.1, -0.05) is 13.0 Å². The maximum absolute atomic E-state index is 12.9. The van der Waals surface area contributed by atoms with Gasteiger partial charge in [-0.05, 0) is 24.1 Å². The fourth-order valence-electron chi connectivity index (χ4n) is 1.14. The fraction of sp³-hybridized carbons (Fsp3) is 0.400. The zero-order valence-electron chi connectivity index (χ0n) is 7.64. The van der Waals surface area contributed by atoms with Crippen molar-refractivity contribution in [2.45, 2.75) is 19.8 Å². The molecule has 0 heterocycles. The highest BCUT2D eigenvalue weighted by Crippen LogP contribution is 2.20. The molecule has 1 rings (SSSR count). The summed E-state index contributed by atoms with van der Waals surface area (Å²) >= 11 is 0. The second kappa shape index (κ2) is 3.83. The van der Waals surface area contributed by atoms with Gasteiger partial charge in [-0.15, -0.1) is 0 Å². The van der Waals surface area contributed by atoms with Gasteiger partial charge in [-0.2, -0.15) is 0 Å². The summed E-state index contributed by atoms with van der Waals surface area (Å²) in [6, 6.07) is 2.68. The zero-order chi connectivity index (χ0) is 10.0. The SMILES string of the molecule is Cc1cc(C(C)CO)cc(F)c1F. The lowest BCUT2D eigenvalue weighted by atomic mass is 10.00. The maximum Gasteiger partial charge on any atom is 0.161 e. The average Bonchev–Trinajstić information content (AvgIpc) is 2.12. The van der Waals surface area contributed by atoms with Crippen LogP contribution in [0.5, 0.6) is 0 Å². The third-order valence-corrected chi connectivity index (χ3v) is 2.08. The highest BCUT2D eigenvalue weighted by Gasteiger charge is 2.11. The molecule has 0 aliphatic carbocycles. The summed E-state index contributed by atoms with van der Waals surface area (Å²) in [6.07, 6.45) is 0. The Hall–Kier alpha value is -0.960. The molecule has 0 saturated heterocycles. The Kier molecular flexibility index (Phi) is 2.98. The zero-order valence-corrected chi connectivity index (χ0v) is 7.64. The van der Waals surface area contributed by atoms with E-state index in [1.54, 1.807) is 13.0 Å². The van der Waals surface area contributed by atoms with E-state index in [1.165, 1.54) is 6.92 Å². The molecule has 0 radical (unpaired) electrons. The standard InChI is InChI=1S/C10H12F2O/c1-6-3-8(7(2)5-13)4-9(11)10(6)12/h3-4,7,13H,5H2,1-2H3. The predicted molar refractivity (Wildman–Crippen MR) is 46.6 cm³/mol. The molecule has 3 heteroatoms. The molecule has 72 valence electrons. The van der Waals surface area contributed by atoms with Crippen molar-refractivity contribution < 1.29 is 13.9 Å². The van der Waals surface area contributed by atoms with Gasteiger partial charge in [0.15, 0.2) is 11.6 Å². The number of benzene rings is 1. The van der Waals surface area contributed by atoms with Crippen LogP contribution in [0.3, 0.4) is 0 Å². The quantitative estimate of drug-likeness (QED) is 0.751. The Bertz CT molecular complexity index is 287. The van der Waals surface area contributed by atoms with Gasteiger partial charge in [0.25, 0.3) is 0 Å². The van der Waals surface area contributed by atoms with E-state index in [0.29, 0.717) is 5.56 Å². The van der Waals surface area contributed by atoms with Crippen LogP contribution in [0, 0.1) is 18.6 Å². The molecule has 0 saturated carbocycles. The average molecular weight is 186 g/mol. The van der Waals surface area contributed by atoms with E-state index in [1.807, 2.05) is 0 Å². The number of hydrogen-bond acceptors (Lipinski definition) is 1. The Morgan fingerprint density at radius 1 is 1.38 bits per heavy atom. The van der Waals surface area contributed by atoms with E-state index in [4.69, 9.17) is 5.11 Å². The van der Waals surface area contributed by atoms with Crippen LogP contribution in [0.25, 0.3) is 0 Å². The third kappa shape index (κ3) is 2.04. The van der Waals surface area contributed by atoms with E-state index in [0.717, 1.165) is 6.07 Å². The van der Waals surface area contributed by atoms with Crippen LogP contribution < -0.4 is 0 Å². The molecule has 1 unspecified atom stereocenters. The summed E-state index contributed by atoms with van der Waals surface area (Å²) in [5, 5.41) is 8.82. The van der Waals surface area contributed by atoms with Crippen LogP contribution in [0.4, 0.5) is 8.78 Å².